The van der Waals surface area contributed by atoms with Gasteiger partial charge in [0.2, 0.25) is 11.8 Å². The summed E-state index contributed by atoms with van der Waals surface area (Å²) >= 11 is 0. The van der Waals surface area contributed by atoms with Gasteiger partial charge in [0, 0.05) is 22.9 Å². The van der Waals surface area contributed by atoms with Crippen molar-refractivity contribution in [2.75, 3.05) is 5.32 Å². The van der Waals surface area contributed by atoms with Gasteiger partial charge in [-0.3, -0.25) is 5.32 Å². The summed E-state index contributed by atoms with van der Waals surface area (Å²) < 4.78 is 11.4. The standard InChI is InChI=1S/C16H11NO2/c1-3-7-13-11(5-1)9-15(18-13)17-16-10-12-6-2-4-8-14(12)19-16/h1-10,17H. The maximum absolute atomic E-state index is 5.70. The van der Waals surface area contributed by atoms with Crippen molar-refractivity contribution in [3.05, 3.63) is 60.7 Å². The zero-order valence-electron chi connectivity index (χ0n) is 10.1. The fourth-order valence-corrected chi connectivity index (χ4v) is 2.21. The van der Waals surface area contributed by atoms with E-state index in [4.69, 9.17) is 8.83 Å². The Balaban J connectivity index is 1.73. The highest BCUT2D eigenvalue weighted by Gasteiger charge is 2.06. The maximum atomic E-state index is 5.70. The molecule has 3 nitrogen and oxygen atoms in total. The number of fused-ring (bicyclic) bond motifs is 2. The van der Waals surface area contributed by atoms with Crippen molar-refractivity contribution in [3.63, 3.8) is 0 Å². The van der Waals surface area contributed by atoms with Crippen LogP contribution in [0, 0.1) is 0 Å². The van der Waals surface area contributed by atoms with E-state index in [2.05, 4.69) is 5.32 Å². The Labute approximate surface area is 109 Å². The molecule has 4 rings (SSSR count). The van der Waals surface area contributed by atoms with Gasteiger partial charge in [0.05, 0.1) is 0 Å². The molecule has 0 spiro atoms. The summed E-state index contributed by atoms with van der Waals surface area (Å²) in [7, 11) is 0. The van der Waals surface area contributed by atoms with E-state index in [1.165, 1.54) is 0 Å². The second-order valence-corrected chi connectivity index (χ2v) is 4.42. The summed E-state index contributed by atoms with van der Waals surface area (Å²) in [5.74, 6) is 1.36. The second kappa shape index (κ2) is 3.92. The fraction of sp³-hybridized carbons (Fsp3) is 0. The monoisotopic (exact) mass is 249 g/mol. The summed E-state index contributed by atoms with van der Waals surface area (Å²) in [6, 6.07) is 19.7. The number of hydrogen-bond donors (Lipinski definition) is 1. The molecule has 0 saturated heterocycles. The molecule has 0 aliphatic heterocycles. The topological polar surface area (TPSA) is 38.3 Å². The van der Waals surface area contributed by atoms with E-state index in [1.54, 1.807) is 0 Å². The summed E-state index contributed by atoms with van der Waals surface area (Å²) in [5.41, 5.74) is 1.72. The van der Waals surface area contributed by atoms with E-state index in [-0.39, 0.29) is 0 Å². The van der Waals surface area contributed by atoms with Gasteiger partial charge < -0.3 is 8.83 Å². The van der Waals surface area contributed by atoms with Crippen LogP contribution in [0.4, 0.5) is 11.8 Å². The molecule has 2 heterocycles. The van der Waals surface area contributed by atoms with Gasteiger partial charge in [-0.2, -0.15) is 0 Å². The van der Waals surface area contributed by atoms with E-state index >= 15 is 0 Å². The van der Waals surface area contributed by atoms with Crippen molar-refractivity contribution in [2.45, 2.75) is 0 Å². The normalized spacial score (nSPS) is 11.2. The fourth-order valence-electron chi connectivity index (χ4n) is 2.21. The number of anilines is 2. The summed E-state index contributed by atoms with van der Waals surface area (Å²) in [6.45, 7) is 0. The van der Waals surface area contributed by atoms with Crippen molar-refractivity contribution in [3.8, 4) is 0 Å². The van der Waals surface area contributed by atoms with Crippen LogP contribution in [0.2, 0.25) is 0 Å². The molecule has 0 atom stereocenters. The number of nitrogens with one attached hydrogen (secondary N) is 1. The highest BCUT2D eigenvalue weighted by molar-refractivity contribution is 5.84. The lowest BCUT2D eigenvalue weighted by Crippen LogP contribution is -1.83. The average Bonchev–Trinajstić information content (AvgIpc) is 3.00. The Morgan fingerprint density at radius 1 is 0.632 bits per heavy atom. The van der Waals surface area contributed by atoms with Gasteiger partial charge in [-0.15, -0.1) is 0 Å². The van der Waals surface area contributed by atoms with Crippen LogP contribution in [0.25, 0.3) is 21.9 Å². The maximum Gasteiger partial charge on any atom is 0.200 e. The van der Waals surface area contributed by atoms with Crippen LogP contribution in [0.15, 0.2) is 69.5 Å². The van der Waals surface area contributed by atoms with Gasteiger partial charge in [0.15, 0.2) is 0 Å². The zero-order valence-corrected chi connectivity index (χ0v) is 10.1. The molecule has 0 aliphatic rings. The summed E-state index contributed by atoms with van der Waals surface area (Å²) in [5, 5.41) is 5.29. The first kappa shape index (κ1) is 10.3. The predicted octanol–water partition coefficient (Wildman–Crippen LogP) is 4.92. The Morgan fingerprint density at radius 3 is 1.58 bits per heavy atom. The minimum Gasteiger partial charge on any atom is -0.440 e. The zero-order chi connectivity index (χ0) is 12.7. The van der Waals surface area contributed by atoms with Crippen molar-refractivity contribution in [1.29, 1.82) is 0 Å². The van der Waals surface area contributed by atoms with Crippen LogP contribution in [-0.2, 0) is 0 Å². The molecule has 2 aromatic carbocycles. The number of para-hydroxylation sites is 2. The van der Waals surface area contributed by atoms with Crippen molar-refractivity contribution < 1.29 is 8.83 Å². The van der Waals surface area contributed by atoms with Crippen molar-refractivity contribution >= 4 is 33.7 Å². The average molecular weight is 249 g/mol. The number of benzene rings is 2. The van der Waals surface area contributed by atoms with E-state index in [9.17, 15) is 0 Å². The largest absolute Gasteiger partial charge is 0.440 e. The van der Waals surface area contributed by atoms with E-state index in [0.29, 0.717) is 11.8 Å². The number of furan rings is 2. The molecule has 0 unspecified atom stereocenters. The number of rotatable bonds is 2. The van der Waals surface area contributed by atoms with Gasteiger partial charge in [0.25, 0.3) is 0 Å². The van der Waals surface area contributed by atoms with E-state index in [1.807, 2.05) is 60.7 Å². The molecule has 4 aromatic rings. The summed E-state index contributed by atoms with van der Waals surface area (Å²) in [4.78, 5) is 0. The molecule has 2 aromatic heterocycles. The molecule has 0 amide bonds. The Kier molecular flexibility index (Phi) is 2.12. The third-order valence-electron chi connectivity index (χ3n) is 3.10. The smallest absolute Gasteiger partial charge is 0.200 e. The molecule has 0 bridgehead atoms. The molecule has 0 aliphatic carbocycles. The minimum atomic E-state index is 0.681. The van der Waals surface area contributed by atoms with Crippen LogP contribution in [-0.4, -0.2) is 0 Å². The number of hydrogen-bond acceptors (Lipinski definition) is 3. The highest BCUT2D eigenvalue weighted by atomic mass is 16.4. The summed E-state index contributed by atoms with van der Waals surface area (Å²) in [6.07, 6.45) is 0. The molecule has 0 radical (unpaired) electrons. The SMILES string of the molecule is c1ccc2oc(Nc3cc4ccccc4o3)cc2c1. The Hall–Kier alpha value is -2.68. The third-order valence-corrected chi connectivity index (χ3v) is 3.10. The molecule has 0 fully saturated rings. The third kappa shape index (κ3) is 1.76. The lowest BCUT2D eigenvalue weighted by Gasteiger charge is -1.95. The van der Waals surface area contributed by atoms with Crippen LogP contribution < -0.4 is 5.32 Å². The quantitative estimate of drug-likeness (QED) is 0.547. The van der Waals surface area contributed by atoms with E-state index in [0.717, 1.165) is 21.9 Å². The van der Waals surface area contributed by atoms with Gasteiger partial charge in [0.1, 0.15) is 11.2 Å². The minimum absolute atomic E-state index is 0.681. The molecule has 1 N–H and O–H groups in total. The molecule has 0 saturated carbocycles. The first-order chi connectivity index (χ1) is 9.38. The molecule has 19 heavy (non-hydrogen) atoms. The molecule has 92 valence electrons. The van der Waals surface area contributed by atoms with Gasteiger partial charge in [-0.05, 0) is 12.1 Å². The van der Waals surface area contributed by atoms with Crippen LogP contribution in [0.3, 0.4) is 0 Å². The van der Waals surface area contributed by atoms with Crippen molar-refractivity contribution in [1.82, 2.24) is 0 Å². The Bertz CT molecular complexity index is 719. The first-order valence-corrected chi connectivity index (χ1v) is 6.13. The van der Waals surface area contributed by atoms with Crippen LogP contribution in [0.1, 0.15) is 0 Å². The van der Waals surface area contributed by atoms with Crippen LogP contribution >= 0.6 is 0 Å². The van der Waals surface area contributed by atoms with E-state index < -0.39 is 0 Å². The first-order valence-electron chi connectivity index (χ1n) is 6.13. The highest BCUT2D eigenvalue weighted by Crippen LogP contribution is 2.28. The van der Waals surface area contributed by atoms with Gasteiger partial charge >= 0.3 is 0 Å². The molecule has 3 heteroatoms. The molecular formula is C16H11NO2. The lowest BCUT2D eigenvalue weighted by atomic mass is 10.2. The predicted molar refractivity (Wildman–Crippen MR) is 75.7 cm³/mol. The van der Waals surface area contributed by atoms with Gasteiger partial charge in [-0.1, -0.05) is 36.4 Å². The van der Waals surface area contributed by atoms with Gasteiger partial charge in [-0.25, -0.2) is 0 Å². The second-order valence-electron chi connectivity index (χ2n) is 4.42. The Morgan fingerprint density at radius 2 is 1.11 bits per heavy atom. The van der Waals surface area contributed by atoms with Crippen molar-refractivity contribution in [2.24, 2.45) is 0 Å². The van der Waals surface area contributed by atoms with Crippen LogP contribution in [0.5, 0.6) is 0 Å². The molecular weight excluding hydrogens is 238 g/mol. The lowest BCUT2D eigenvalue weighted by molar-refractivity contribution is 0.605.